The molecule has 4 nitrogen and oxygen atoms in total. The average molecular weight is 408 g/mol. The van der Waals surface area contributed by atoms with Crippen LogP contribution in [-0.2, 0) is 11.3 Å². The number of carbonyl (C=O) groups is 1. The van der Waals surface area contributed by atoms with Gasteiger partial charge in [0.1, 0.15) is 17.4 Å². The summed E-state index contributed by atoms with van der Waals surface area (Å²) in [5, 5.41) is 9.52. The third-order valence-corrected chi connectivity index (χ3v) is 5.54. The minimum Gasteiger partial charge on any atom is -0.508 e. The van der Waals surface area contributed by atoms with Crippen LogP contribution in [0.1, 0.15) is 30.9 Å². The van der Waals surface area contributed by atoms with Crippen LogP contribution in [0.4, 0.5) is 14.5 Å². The number of likely N-dealkylation sites (tertiary alicyclic amines) is 1. The van der Waals surface area contributed by atoms with Crippen LogP contribution in [0.3, 0.4) is 0 Å². The number of benzene rings is 2. The summed E-state index contributed by atoms with van der Waals surface area (Å²) >= 11 is 0. The van der Waals surface area contributed by atoms with Crippen LogP contribution in [-0.4, -0.2) is 22.5 Å². The summed E-state index contributed by atoms with van der Waals surface area (Å²) in [7, 11) is 0. The van der Waals surface area contributed by atoms with E-state index in [0.717, 1.165) is 36.2 Å². The number of halogens is 2. The number of hydrogen-bond acceptors (Lipinski definition) is 3. The van der Waals surface area contributed by atoms with Gasteiger partial charge < -0.3 is 14.9 Å². The quantitative estimate of drug-likeness (QED) is 0.767. The second-order valence-corrected chi connectivity index (χ2v) is 7.41. The number of allylic oxidation sites excluding steroid dienone is 2. The van der Waals surface area contributed by atoms with Gasteiger partial charge in [-0.15, -0.1) is 0 Å². The van der Waals surface area contributed by atoms with E-state index < -0.39 is 11.6 Å². The SMILES string of the molecule is C=C1C(C(=O)N2CCC/C2=C\C)=CN(Cc2ccc(O)cc2)c2c(F)ccc(F)c21. The van der Waals surface area contributed by atoms with Crippen LogP contribution in [0.25, 0.3) is 5.57 Å². The van der Waals surface area contributed by atoms with Crippen LogP contribution in [0, 0.1) is 11.6 Å². The lowest BCUT2D eigenvalue weighted by molar-refractivity contribution is -0.124. The van der Waals surface area contributed by atoms with Crippen molar-refractivity contribution in [2.24, 2.45) is 0 Å². The van der Waals surface area contributed by atoms with Crippen LogP contribution < -0.4 is 4.90 Å². The molecule has 2 aromatic carbocycles. The largest absolute Gasteiger partial charge is 0.508 e. The van der Waals surface area contributed by atoms with E-state index >= 15 is 0 Å². The number of fused-ring (bicyclic) bond motifs is 1. The number of rotatable bonds is 3. The van der Waals surface area contributed by atoms with E-state index in [1.54, 1.807) is 23.2 Å². The van der Waals surface area contributed by atoms with Gasteiger partial charge >= 0.3 is 0 Å². The van der Waals surface area contributed by atoms with Crippen molar-refractivity contribution in [2.75, 3.05) is 11.4 Å². The number of hydrogen-bond donors (Lipinski definition) is 1. The van der Waals surface area contributed by atoms with Crippen LogP contribution >= 0.6 is 0 Å². The van der Waals surface area contributed by atoms with Crippen molar-refractivity contribution >= 4 is 17.2 Å². The molecule has 0 unspecified atom stereocenters. The Morgan fingerprint density at radius 3 is 2.57 bits per heavy atom. The lowest BCUT2D eigenvalue weighted by atomic mass is 9.92. The Labute approximate surface area is 174 Å². The third kappa shape index (κ3) is 3.38. The molecule has 2 aliphatic heterocycles. The van der Waals surface area contributed by atoms with Crippen molar-refractivity contribution in [3.8, 4) is 5.75 Å². The summed E-state index contributed by atoms with van der Waals surface area (Å²) in [6.07, 6.45) is 5.12. The van der Waals surface area contributed by atoms with Gasteiger partial charge in [0, 0.05) is 30.5 Å². The molecular formula is C24H22F2N2O2. The maximum Gasteiger partial charge on any atom is 0.260 e. The van der Waals surface area contributed by atoms with Crippen molar-refractivity contribution in [3.05, 3.63) is 89.3 Å². The summed E-state index contributed by atoms with van der Waals surface area (Å²) < 4.78 is 29.5. The van der Waals surface area contributed by atoms with Gasteiger partial charge in [0.2, 0.25) is 0 Å². The Morgan fingerprint density at radius 1 is 1.17 bits per heavy atom. The summed E-state index contributed by atoms with van der Waals surface area (Å²) in [5.41, 5.74) is 2.17. The fraction of sp³-hybridized carbons (Fsp3) is 0.208. The van der Waals surface area contributed by atoms with Crippen LogP contribution in [0.5, 0.6) is 5.75 Å². The van der Waals surface area contributed by atoms with Crippen molar-refractivity contribution < 1.29 is 18.7 Å². The molecular weight excluding hydrogens is 386 g/mol. The van der Waals surface area contributed by atoms with E-state index in [2.05, 4.69) is 6.58 Å². The number of aromatic hydroxyl groups is 1. The number of phenolic OH excluding ortho intramolecular Hbond substituents is 1. The van der Waals surface area contributed by atoms with Crippen LogP contribution in [0.15, 0.2) is 66.5 Å². The van der Waals surface area contributed by atoms with Gasteiger partial charge in [-0.2, -0.15) is 0 Å². The van der Waals surface area contributed by atoms with E-state index in [-0.39, 0.29) is 40.6 Å². The topological polar surface area (TPSA) is 43.8 Å². The molecule has 0 radical (unpaired) electrons. The smallest absolute Gasteiger partial charge is 0.260 e. The summed E-state index contributed by atoms with van der Waals surface area (Å²) in [6.45, 7) is 6.60. The molecule has 154 valence electrons. The van der Waals surface area contributed by atoms with Gasteiger partial charge in [-0.25, -0.2) is 8.78 Å². The first kappa shape index (κ1) is 19.9. The molecule has 2 aromatic rings. The van der Waals surface area contributed by atoms with Gasteiger partial charge in [-0.1, -0.05) is 24.8 Å². The van der Waals surface area contributed by atoms with E-state index in [1.165, 1.54) is 17.0 Å². The normalized spacial score (nSPS) is 17.4. The van der Waals surface area contributed by atoms with Gasteiger partial charge in [0.05, 0.1) is 11.3 Å². The fourth-order valence-corrected chi connectivity index (χ4v) is 4.02. The summed E-state index contributed by atoms with van der Waals surface area (Å²) in [4.78, 5) is 16.5. The molecule has 6 heteroatoms. The predicted molar refractivity (Wildman–Crippen MR) is 112 cm³/mol. The predicted octanol–water partition coefficient (Wildman–Crippen LogP) is 5.11. The average Bonchev–Trinajstić information content (AvgIpc) is 3.22. The molecule has 30 heavy (non-hydrogen) atoms. The van der Waals surface area contributed by atoms with E-state index in [4.69, 9.17) is 0 Å². The molecule has 0 spiro atoms. The highest BCUT2D eigenvalue weighted by molar-refractivity contribution is 6.12. The third-order valence-electron chi connectivity index (χ3n) is 5.54. The molecule has 1 amide bonds. The van der Waals surface area contributed by atoms with E-state index in [0.29, 0.717) is 6.54 Å². The first-order valence-electron chi connectivity index (χ1n) is 9.81. The molecule has 2 heterocycles. The lowest BCUT2D eigenvalue weighted by Gasteiger charge is -2.32. The van der Waals surface area contributed by atoms with E-state index in [1.807, 2.05) is 13.0 Å². The molecule has 0 aromatic heterocycles. The number of anilines is 1. The zero-order chi connectivity index (χ0) is 21.4. The minimum atomic E-state index is -0.627. The highest BCUT2D eigenvalue weighted by atomic mass is 19.1. The Bertz CT molecular complexity index is 1090. The van der Waals surface area contributed by atoms with Crippen LogP contribution in [0.2, 0.25) is 0 Å². The second kappa shape index (κ2) is 7.78. The number of phenols is 1. The van der Waals surface area contributed by atoms with Gasteiger partial charge in [-0.3, -0.25) is 4.79 Å². The Morgan fingerprint density at radius 2 is 1.87 bits per heavy atom. The maximum absolute atomic E-state index is 14.8. The van der Waals surface area contributed by atoms with Gasteiger partial charge in [0.15, 0.2) is 0 Å². The lowest BCUT2D eigenvalue weighted by Crippen LogP contribution is -2.32. The number of nitrogens with zero attached hydrogens (tertiary/aromatic N) is 2. The van der Waals surface area contributed by atoms with Crippen molar-refractivity contribution in [1.82, 2.24) is 4.90 Å². The summed E-state index contributed by atoms with van der Waals surface area (Å²) in [6, 6.07) is 8.58. The molecule has 0 atom stereocenters. The second-order valence-electron chi connectivity index (χ2n) is 7.41. The standard InChI is InChI=1S/C24H22F2N2O2/c1-3-17-5-4-12-28(17)24(30)19-14-27(13-16-6-8-18(29)9-7-16)23-21(26)11-10-20(25)22(23)15(19)2/h3,6-11,14,29H,2,4-5,12-13H2,1H3/b17-3+. The highest BCUT2D eigenvalue weighted by Gasteiger charge is 2.34. The number of amides is 1. The molecule has 4 rings (SSSR count). The molecule has 1 N–H and O–H groups in total. The zero-order valence-corrected chi connectivity index (χ0v) is 16.7. The molecule has 0 saturated carbocycles. The summed E-state index contributed by atoms with van der Waals surface area (Å²) in [5.74, 6) is -1.37. The van der Waals surface area contributed by atoms with Crippen molar-refractivity contribution in [3.63, 3.8) is 0 Å². The Hall–Kier alpha value is -3.41. The van der Waals surface area contributed by atoms with Crippen molar-refractivity contribution in [2.45, 2.75) is 26.3 Å². The molecule has 0 bridgehead atoms. The minimum absolute atomic E-state index is 0.000790. The first-order valence-corrected chi connectivity index (χ1v) is 9.81. The highest BCUT2D eigenvalue weighted by Crippen LogP contribution is 2.41. The fourth-order valence-electron chi connectivity index (χ4n) is 4.02. The first-order chi connectivity index (χ1) is 14.4. The Kier molecular flexibility index (Phi) is 5.16. The van der Waals surface area contributed by atoms with Gasteiger partial charge in [-0.05, 0) is 55.2 Å². The molecule has 1 saturated heterocycles. The monoisotopic (exact) mass is 408 g/mol. The maximum atomic E-state index is 14.8. The number of carbonyl (C=O) groups excluding carboxylic acids is 1. The molecule has 1 fully saturated rings. The van der Waals surface area contributed by atoms with E-state index in [9.17, 15) is 18.7 Å². The Balaban J connectivity index is 1.80. The zero-order valence-electron chi connectivity index (χ0n) is 16.7. The van der Waals surface area contributed by atoms with Crippen molar-refractivity contribution in [1.29, 1.82) is 0 Å². The molecule has 0 aliphatic carbocycles. The van der Waals surface area contributed by atoms with Gasteiger partial charge in [0.25, 0.3) is 5.91 Å². The molecule has 2 aliphatic rings.